The molecular weight excluding hydrogens is 342 g/mol. The number of hydrogen-bond donors (Lipinski definition) is 0. The van der Waals surface area contributed by atoms with Crippen LogP contribution in [0.15, 0.2) is 35.4 Å². The summed E-state index contributed by atoms with van der Waals surface area (Å²) in [6.45, 7) is 0.680. The highest BCUT2D eigenvalue weighted by Gasteiger charge is 2.30. The molecule has 1 fully saturated rings. The fourth-order valence-electron chi connectivity index (χ4n) is 2.81. The number of benzene rings is 1. The van der Waals surface area contributed by atoms with Gasteiger partial charge in [-0.05, 0) is 37.1 Å². The van der Waals surface area contributed by atoms with E-state index in [2.05, 4.69) is 9.97 Å². The summed E-state index contributed by atoms with van der Waals surface area (Å²) in [6.07, 6.45) is 4.84. The fraction of sp³-hybridized carbons (Fsp3) is 0.353. The van der Waals surface area contributed by atoms with Crippen molar-refractivity contribution in [2.45, 2.75) is 23.7 Å². The average molecular weight is 359 g/mol. The highest BCUT2D eigenvalue weighted by atomic mass is 32.2. The van der Waals surface area contributed by atoms with Crippen molar-refractivity contribution in [2.75, 3.05) is 24.3 Å². The van der Waals surface area contributed by atoms with Gasteiger partial charge >= 0.3 is 0 Å². The molecular formula is C17H17N3O4S. The van der Waals surface area contributed by atoms with Gasteiger partial charge in [0.1, 0.15) is 23.9 Å². The van der Waals surface area contributed by atoms with E-state index in [9.17, 15) is 13.2 Å². The minimum atomic E-state index is -3.38. The van der Waals surface area contributed by atoms with E-state index in [-0.39, 0.29) is 10.8 Å². The van der Waals surface area contributed by atoms with Crippen molar-refractivity contribution in [3.8, 4) is 5.75 Å². The first kappa shape index (κ1) is 16.0. The molecule has 7 nitrogen and oxygen atoms in total. The lowest BCUT2D eigenvalue weighted by molar-refractivity contribution is 0.0971. The third-order valence-electron chi connectivity index (χ3n) is 4.30. The first-order chi connectivity index (χ1) is 11.9. The topological polar surface area (TPSA) is 89.5 Å². The van der Waals surface area contributed by atoms with Crippen LogP contribution in [0.4, 0.5) is 5.69 Å². The van der Waals surface area contributed by atoms with Crippen LogP contribution in [0.5, 0.6) is 5.75 Å². The molecule has 25 heavy (non-hydrogen) atoms. The number of ether oxygens (including phenoxy) is 1. The van der Waals surface area contributed by atoms with Crippen LogP contribution >= 0.6 is 0 Å². The van der Waals surface area contributed by atoms with Gasteiger partial charge in [0, 0.05) is 18.4 Å². The van der Waals surface area contributed by atoms with E-state index in [0.29, 0.717) is 42.0 Å². The molecule has 1 aliphatic heterocycles. The first-order valence-electron chi connectivity index (χ1n) is 8.05. The normalized spacial score (nSPS) is 16.9. The number of carbonyl (C=O) groups is 1. The molecule has 130 valence electrons. The Balaban J connectivity index is 1.72. The number of fused-ring (bicyclic) bond motifs is 1. The summed E-state index contributed by atoms with van der Waals surface area (Å²) in [5, 5.41) is 0. The van der Waals surface area contributed by atoms with Gasteiger partial charge in [-0.2, -0.15) is 0 Å². The summed E-state index contributed by atoms with van der Waals surface area (Å²) in [5.74, 6) is 1.26. The number of amides is 1. The molecule has 1 aliphatic carbocycles. The summed E-state index contributed by atoms with van der Waals surface area (Å²) >= 11 is 0. The summed E-state index contributed by atoms with van der Waals surface area (Å²) in [7, 11) is -3.38. The van der Waals surface area contributed by atoms with E-state index >= 15 is 0 Å². The minimum absolute atomic E-state index is 0.149. The summed E-state index contributed by atoms with van der Waals surface area (Å²) in [6, 6.07) is 6.13. The predicted molar refractivity (Wildman–Crippen MR) is 90.7 cm³/mol. The second kappa shape index (κ2) is 5.80. The summed E-state index contributed by atoms with van der Waals surface area (Å²) < 4.78 is 29.2. The summed E-state index contributed by atoms with van der Waals surface area (Å²) in [5.41, 5.74) is 0.764. The van der Waals surface area contributed by atoms with Gasteiger partial charge in [0.15, 0.2) is 9.84 Å². The second-order valence-corrected chi connectivity index (χ2v) is 8.30. The molecule has 8 heteroatoms. The largest absolute Gasteiger partial charge is 0.490 e. The zero-order chi connectivity index (χ0) is 17.6. The SMILES string of the molecule is CS(=O)(=O)c1ccc2c(c1)N(C(=O)c1ccnc(C3CC3)n1)CCO2. The van der Waals surface area contributed by atoms with E-state index in [4.69, 9.17) is 4.74 Å². The van der Waals surface area contributed by atoms with Crippen molar-refractivity contribution in [3.05, 3.63) is 42.0 Å². The Hall–Kier alpha value is -2.48. The molecule has 2 aromatic rings. The van der Waals surface area contributed by atoms with Crippen LogP contribution in [-0.2, 0) is 9.84 Å². The van der Waals surface area contributed by atoms with Crippen molar-refractivity contribution in [2.24, 2.45) is 0 Å². The molecule has 4 rings (SSSR count). The number of carbonyl (C=O) groups excluding carboxylic acids is 1. The number of nitrogens with zero attached hydrogens (tertiary/aromatic N) is 3. The van der Waals surface area contributed by atoms with Gasteiger partial charge in [-0.15, -0.1) is 0 Å². The Morgan fingerprint density at radius 2 is 2.08 bits per heavy atom. The van der Waals surface area contributed by atoms with Crippen LogP contribution in [0, 0.1) is 0 Å². The van der Waals surface area contributed by atoms with Gasteiger partial charge in [-0.25, -0.2) is 18.4 Å². The zero-order valence-corrected chi connectivity index (χ0v) is 14.5. The maximum absolute atomic E-state index is 12.9. The van der Waals surface area contributed by atoms with Gasteiger partial charge < -0.3 is 9.64 Å². The smallest absolute Gasteiger partial charge is 0.277 e. The van der Waals surface area contributed by atoms with Gasteiger partial charge in [0.2, 0.25) is 0 Å². The molecule has 1 aromatic carbocycles. The number of sulfone groups is 1. The van der Waals surface area contributed by atoms with Crippen molar-refractivity contribution < 1.29 is 17.9 Å². The Bertz CT molecular complexity index is 954. The molecule has 2 heterocycles. The average Bonchev–Trinajstić information content (AvgIpc) is 3.44. The standard InChI is InChI=1S/C17H17N3O4S/c1-25(22,23)12-4-5-15-14(10-12)20(8-9-24-15)17(21)13-6-7-18-16(19-13)11-2-3-11/h4-7,10-11H,2-3,8-9H2,1H3. The highest BCUT2D eigenvalue weighted by Crippen LogP contribution is 2.38. The van der Waals surface area contributed by atoms with Crippen molar-refractivity contribution >= 4 is 21.4 Å². The monoisotopic (exact) mass is 359 g/mol. The molecule has 0 bridgehead atoms. The van der Waals surface area contributed by atoms with Crippen molar-refractivity contribution in [1.82, 2.24) is 9.97 Å². The molecule has 0 radical (unpaired) electrons. The van der Waals surface area contributed by atoms with E-state index in [1.165, 1.54) is 17.0 Å². The van der Waals surface area contributed by atoms with Crippen molar-refractivity contribution in [3.63, 3.8) is 0 Å². The van der Waals surface area contributed by atoms with E-state index in [0.717, 1.165) is 19.1 Å². The third-order valence-corrected chi connectivity index (χ3v) is 5.41. The van der Waals surface area contributed by atoms with Crippen LogP contribution in [-0.4, -0.2) is 43.7 Å². The Labute approximate surface area is 145 Å². The van der Waals surface area contributed by atoms with Crippen LogP contribution in [0.25, 0.3) is 0 Å². The van der Waals surface area contributed by atoms with Crippen LogP contribution in [0.3, 0.4) is 0 Å². The molecule has 0 saturated heterocycles. The van der Waals surface area contributed by atoms with Crippen LogP contribution in [0.2, 0.25) is 0 Å². The van der Waals surface area contributed by atoms with E-state index < -0.39 is 9.84 Å². The quantitative estimate of drug-likeness (QED) is 0.830. The fourth-order valence-corrected chi connectivity index (χ4v) is 3.45. The van der Waals surface area contributed by atoms with Crippen molar-refractivity contribution in [1.29, 1.82) is 0 Å². The number of hydrogen-bond acceptors (Lipinski definition) is 6. The Morgan fingerprint density at radius 1 is 1.28 bits per heavy atom. The first-order valence-corrected chi connectivity index (χ1v) is 9.94. The molecule has 1 saturated carbocycles. The molecule has 1 amide bonds. The second-order valence-electron chi connectivity index (χ2n) is 6.28. The lowest BCUT2D eigenvalue weighted by atomic mass is 10.2. The highest BCUT2D eigenvalue weighted by molar-refractivity contribution is 7.90. The van der Waals surface area contributed by atoms with Gasteiger partial charge in [-0.3, -0.25) is 4.79 Å². The number of rotatable bonds is 3. The lowest BCUT2D eigenvalue weighted by Crippen LogP contribution is -2.38. The predicted octanol–water partition coefficient (Wildman–Crippen LogP) is 1.80. The minimum Gasteiger partial charge on any atom is -0.490 e. The van der Waals surface area contributed by atoms with E-state index in [1.807, 2.05) is 0 Å². The third kappa shape index (κ3) is 3.09. The van der Waals surface area contributed by atoms with Crippen LogP contribution < -0.4 is 9.64 Å². The molecule has 0 unspecified atom stereocenters. The maximum atomic E-state index is 12.9. The zero-order valence-electron chi connectivity index (χ0n) is 13.7. The molecule has 1 aromatic heterocycles. The molecule has 0 atom stereocenters. The van der Waals surface area contributed by atoms with Gasteiger partial charge in [0.05, 0.1) is 17.1 Å². The number of anilines is 1. The Kier molecular flexibility index (Phi) is 3.72. The van der Waals surface area contributed by atoms with Gasteiger partial charge in [0.25, 0.3) is 5.91 Å². The maximum Gasteiger partial charge on any atom is 0.277 e. The lowest BCUT2D eigenvalue weighted by Gasteiger charge is -2.29. The molecule has 0 N–H and O–H groups in total. The molecule has 2 aliphatic rings. The van der Waals surface area contributed by atoms with E-state index in [1.54, 1.807) is 18.3 Å². The van der Waals surface area contributed by atoms with Gasteiger partial charge in [-0.1, -0.05) is 0 Å². The molecule has 0 spiro atoms. The Morgan fingerprint density at radius 3 is 2.80 bits per heavy atom. The van der Waals surface area contributed by atoms with Crippen LogP contribution in [0.1, 0.15) is 35.1 Å². The number of aromatic nitrogens is 2. The summed E-state index contributed by atoms with van der Waals surface area (Å²) in [4.78, 5) is 23.2.